The Hall–Kier alpha value is -0.540. The molecule has 0 fully saturated rings. The lowest BCUT2D eigenvalue weighted by Crippen LogP contribution is -2.23. The van der Waals surface area contributed by atoms with Crippen LogP contribution in [-0.2, 0) is 0 Å². The van der Waals surface area contributed by atoms with Crippen LogP contribution in [0.25, 0.3) is 0 Å². The zero-order chi connectivity index (χ0) is 12.3. The third-order valence-electron chi connectivity index (χ3n) is 2.16. The smallest absolute Gasteiger partial charge is 0.121 e. The minimum absolute atomic E-state index is 0.125. The molecule has 0 heterocycles. The highest BCUT2D eigenvalue weighted by atomic mass is 79.9. The van der Waals surface area contributed by atoms with Gasteiger partial charge in [0.1, 0.15) is 11.4 Å². The van der Waals surface area contributed by atoms with Crippen molar-refractivity contribution < 1.29 is 9.84 Å². The van der Waals surface area contributed by atoms with E-state index in [1.807, 2.05) is 45.9 Å². The van der Waals surface area contributed by atoms with Crippen molar-refractivity contribution in [1.82, 2.24) is 0 Å². The molecule has 0 saturated heterocycles. The lowest BCUT2D eigenvalue weighted by Gasteiger charge is -2.22. The van der Waals surface area contributed by atoms with Gasteiger partial charge in [-0.25, -0.2) is 0 Å². The van der Waals surface area contributed by atoms with Crippen molar-refractivity contribution in [3.8, 4) is 5.75 Å². The maximum absolute atomic E-state index is 9.15. The maximum atomic E-state index is 9.15. The maximum Gasteiger partial charge on any atom is 0.121 e. The summed E-state index contributed by atoms with van der Waals surface area (Å²) in [6, 6.07) is 5.94. The summed E-state index contributed by atoms with van der Waals surface area (Å²) in [5.74, 6) is 0.956. The van der Waals surface area contributed by atoms with Crippen molar-refractivity contribution >= 4 is 15.9 Å². The van der Waals surface area contributed by atoms with Crippen molar-refractivity contribution in [3.05, 3.63) is 28.2 Å². The second kappa shape index (κ2) is 5.19. The minimum atomic E-state index is -0.208. The molecule has 0 aliphatic carbocycles. The molecule has 0 aromatic heterocycles. The van der Waals surface area contributed by atoms with Gasteiger partial charge in [0.25, 0.3) is 0 Å². The van der Waals surface area contributed by atoms with Gasteiger partial charge in [-0.15, -0.1) is 0 Å². The molecule has 2 nitrogen and oxygen atoms in total. The van der Waals surface area contributed by atoms with Crippen molar-refractivity contribution in [2.45, 2.75) is 39.2 Å². The molecule has 0 bridgehead atoms. The molecule has 0 aliphatic rings. The molecule has 1 rings (SSSR count). The second-order valence-electron chi connectivity index (χ2n) is 5.02. The fourth-order valence-electron chi connectivity index (χ4n) is 1.39. The van der Waals surface area contributed by atoms with Crippen LogP contribution in [-0.4, -0.2) is 17.3 Å². The Labute approximate surface area is 106 Å². The number of rotatable bonds is 3. The third-order valence-corrected chi connectivity index (χ3v) is 2.62. The largest absolute Gasteiger partial charge is 0.488 e. The average Bonchev–Trinajstić information content (AvgIpc) is 2.12. The van der Waals surface area contributed by atoms with Gasteiger partial charge < -0.3 is 9.84 Å². The first-order valence-electron chi connectivity index (χ1n) is 5.42. The van der Waals surface area contributed by atoms with E-state index in [2.05, 4.69) is 15.9 Å². The minimum Gasteiger partial charge on any atom is -0.488 e. The van der Waals surface area contributed by atoms with Crippen LogP contribution in [0.3, 0.4) is 0 Å². The lowest BCUT2D eigenvalue weighted by molar-refractivity contribution is 0.130. The van der Waals surface area contributed by atoms with Gasteiger partial charge in [-0.05, 0) is 44.5 Å². The fraction of sp³-hybridized carbons (Fsp3) is 0.538. The summed E-state index contributed by atoms with van der Waals surface area (Å²) in [6.07, 6.45) is 0. The van der Waals surface area contributed by atoms with Gasteiger partial charge in [0, 0.05) is 17.0 Å². The molecular weight excluding hydrogens is 268 g/mol. The van der Waals surface area contributed by atoms with E-state index in [0.29, 0.717) is 0 Å². The first-order valence-corrected chi connectivity index (χ1v) is 6.21. The SMILES string of the molecule is CC(CO)c1cc(Br)cc(OC(C)(C)C)c1. The van der Waals surface area contributed by atoms with Gasteiger partial charge in [-0.2, -0.15) is 0 Å². The highest BCUT2D eigenvalue weighted by Gasteiger charge is 2.14. The Bertz CT molecular complexity index is 355. The van der Waals surface area contributed by atoms with E-state index in [-0.39, 0.29) is 18.1 Å². The summed E-state index contributed by atoms with van der Waals surface area (Å²) in [6.45, 7) is 8.18. The molecule has 16 heavy (non-hydrogen) atoms. The van der Waals surface area contributed by atoms with E-state index in [9.17, 15) is 0 Å². The number of aliphatic hydroxyl groups excluding tert-OH is 1. The van der Waals surface area contributed by atoms with E-state index in [1.165, 1.54) is 0 Å². The van der Waals surface area contributed by atoms with Crippen LogP contribution >= 0.6 is 15.9 Å². The highest BCUT2D eigenvalue weighted by molar-refractivity contribution is 9.10. The Morgan fingerprint density at radius 1 is 1.31 bits per heavy atom. The van der Waals surface area contributed by atoms with Gasteiger partial charge in [0.15, 0.2) is 0 Å². The first-order chi connectivity index (χ1) is 7.31. The molecule has 1 atom stereocenters. The van der Waals surface area contributed by atoms with E-state index in [4.69, 9.17) is 9.84 Å². The van der Waals surface area contributed by atoms with Crippen LogP contribution in [0.15, 0.2) is 22.7 Å². The average molecular weight is 287 g/mol. The number of hydrogen-bond acceptors (Lipinski definition) is 2. The lowest BCUT2D eigenvalue weighted by atomic mass is 10.0. The molecule has 90 valence electrons. The number of halogens is 1. The van der Waals surface area contributed by atoms with Crippen LogP contribution < -0.4 is 4.74 Å². The first kappa shape index (κ1) is 13.5. The monoisotopic (exact) mass is 286 g/mol. The van der Waals surface area contributed by atoms with Gasteiger partial charge in [-0.1, -0.05) is 22.9 Å². The number of hydrogen-bond donors (Lipinski definition) is 1. The topological polar surface area (TPSA) is 29.5 Å². The van der Waals surface area contributed by atoms with E-state index in [1.54, 1.807) is 0 Å². The Morgan fingerprint density at radius 3 is 2.44 bits per heavy atom. The molecule has 0 amide bonds. The summed E-state index contributed by atoms with van der Waals surface area (Å²) < 4.78 is 6.78. The van der Waals surface area contributed by atoms with Crippen molar-refractivity contribution in [2.24, 2.45) is 0 Å². The molecule has 0 saturated carbocycles. The van der Waals surface area contributed by atoms with Gasteiger partial charge in [0.05, 0.1) is 0 Å². The summed E-state index contributed by atoms with van der Waals surface area (Å²) in [7, 11) is 0. The Balaban J connectivity index is 2.99. The quantitative estimate of drug-likeness (QED) is 0.918. The second-order valence-corrected chi connectivity index (χ2v) is 5.93. The van der Waals surface area contributed by atoms with Gasteiger partial charge in [-0.3, -0.25) is 0 Å². The molecule has 1 aromatic rings. The number of aliphatic hydroxyl groups is 1. The zero-order valence-corrected chi connectivity index (χ0v) is 11.8. The van der Waals surface area contributed by atoms with E-state index >= 15 is 0 Å². The Kier molecular flexibility index (Phi) is 4.39. The molecule has 0 radical (unpaired) electrons. The van der Waals surface area contributed by atoms with Crippen LogP contribution in [0.4, 0.5) is 0 Å². The summed E-state index contributed by atoms with van der Waals surface area (Å²) in [4.78, 5) is 0. The standard InChI is InChI=1S/C13H19BrO2/c1-9(8-15)10-5-11(14)7-12(6-10)16-13(2,3)4/h5-7,9,15H,8H2,1-4H3. The van der Waals surface area contributed by atoms with E-state index < -0.39 is 0 Å². The zero-order valence-electron chi connectivity index (χ0n) is 10.2. The Morgan fingerprint density at radius 2 is 1.94 bits per heavy atom. The van der Waals surface area contributed by atoms with Gasteiger partial charge >= 0.3 is 0 Å². The van der Waals surface area contributed by atoms with Crippen LogP contribution in [0.1, 0.15) is 39.2 Å². The third kappa shape index (κ3) is 4.14. The number of ether oxygens (including phenoxy) is 1. The fourth-order valence-corrected chi connectivity index (χ4v) is 1.88. The molecule has 1 N–H and O–H groups in total. The molecule has 0 aliphatic heterocycles. The van der Waals surface area contributed by atoms with Crippen LogP contribution in [0.2, 0.25) is 0 Å². The summed E-state index contributed by atoms with van der Waals surface area (Å²) >= 11 is 3.46. The van der Waals surface area contributed by atoms with Crippen LogP contribution in [0, 0.1) is 0 Å². The normalized spacial score (nSPS) is 13.6. The van der Waals surface area contributed by atoms with Crippen LogP contribution in [0.5, 0.6) is 5.75 Å². The molecule has 3 heteroatoms. The van der Waals surface area contributed by atoms with Crippen molar-refractivity contribution in [2.75, 3.05) is 6.61 Å². The predicted molar refractivity (Wildman–Crippen MR) is 70.0 cm³/mol. The van der Waals surface area contributed by atoms with E-state index in [0.717, 1.165) is 15.8 Å². The molecule has 0 spiro atoms. The molecule has 1 aromatic carbocycles. The summed E-state index contributed by atoms with van der Waals surface area (Å²) in [5.41, 5.74) is 0.872. The summed E-state index contributed by atoms with van der Waals surface area (Å²) in [5, 5.41) is 9.15. The van der Waals surface area contributed by atoms with Crippen molar-refractivity contribution in [1.29, 1.82) is 0 Å². The highest BCUT2D eigenvalue weighted by Crippen LogP contribution is 2.28. The van der Waals surface area contributed by atoms with Crippen molar-refractivity contribution in [3.63, 3.8) is 0 Å². The molecule has 1 unspecified atom stereocenters. The molecular formula is C13H19BrO2. The predicted octanol–water partition coefficient (Wildman–Crippen LogP) is 3.72. The number of benzene rings is 1. The van der Waals surface area contributed by atoms with Gasteiger partial charge in [0.2, 0.25) is 0 Å².